The first kappa shape index (κ1) is 18.2. The number of aryl methyl sites for hydroxylation is 2. The summed E-state index contributed by atoms with van der Waals surface area (Å²) >= 11 is 0. The molecule has 1 N–H and O–H groups in total. The van der Waals surface area contributed by atoms with Gasteiger partial charge in [0, 0.05) is 5.56 Å². The number of fused-ring (bicyclic) bond motifs is 1. The first-order valence-electron chi connectivity index (χ1n) is 9.47. The van der Waals surface area contributed by atoms with Gasteiger partial charge in [0.2, 0.25) is 0 Å². The maximum absolute atomic E-state index is 12.6. The van der Waals surface area contributed by atoms with Gasteiger partial charge in [-0.25, -0.2) is 0 Å². The lowest BCUT2D eigenvalue weighted by atomic mass is 9.88. The van der Waals surface area contributed by atoms with Gasteiger partial charge in [-0.2, -0.15) is 0 Å². The molecule has 1 amide bonds. The molecule has 3 nitrogen and oxygen atoms in total. The predicted octanol–water partition coefficient (Wildman–Crippen LogP) is 5.01. The Labute approximate surface area is 156 Å². The maximum Gasteiger partial charge on any atom is 0.251 e. The molecule has 0 saturated carbocycles. The van der Waals surface area contributed by atoms with E-state index in [9.17, 15) is 4.79 Å². The van der Waals surface area contributed by atoms with Crippen LogP contribution in [0.4, 0.5) is 0 Å². The predicted molar refractivity (Wildman–Crippen MR) is 106 cm³/mol. The smallest absolute Gasteiger partial charge is 0.251 e. The van der Waals surface area contributed by atoms with E-state index in [-0.39, 0.29) is 11.9 Å². The Morgan fingerprint density at radius 1 is 1.15 bits per heavy atom. The molecule has 0 fully saturated rings. The zero-order chi connectivity index (χ0) is 18.4. The van der Waals surface area contributed by atoms with Crippen molar-refractivity contribution in [2.75, 3.05) is 6.61 Å². The first-order chi connectivity index (χ1) is 12.7. The number of ether oxygens (including phenoxy) is 1. The fourth-order valence-corrected chi connectivity index (χ4v) is 3.49. The minimum Gasteiger partial charge on any atom is -0.490 e. The summed E-state index contributed by atoms with van der Waals surface area (Å²) in [6, 6.07) is 14.0. The van der Waals surface area contributed by atoms with Gasteiger partial charge in [-0.15, -0.1) is 0 Å². The Balaban J connectivity index is 1.69. The number of benzene rings is 2. The van der Waals surface area contributed by atoms with Crippen LogP contribution in [0, 0.1) is 0 Å². The number of rotatable bonds is 7. The second-order valence-electron chi connectivity index (χ2n) is 6.79. The molecule has 0 aromatic heterocycles. The normalized spacial score (nSPS) is 14.2. The maximum atomic E-state index is 12.6. The molecule has 0 spiro atoms. The van der Waals surface area contributed by atoms with Crippen LogP contribution in [0.1, 0.15) is 59.3 Å². The quantitative estimate of drug-likeness (QED) is 0.714. The molecule has 0 unspecified atom stereocenters. The third-order valence-corrected chi connectivity index (χ3v) is 4.97. The number of hydrogen-bond acceptors (Lipinski definition) is 2. The van der Waals surface area contributed by atoms with Crippen LogP contribution in [0.15, 0.2) is 55.1 Å². The van der Waals surface area contributed by atoms with E-state index >= 15 is 0 Å². The van der Waals surface area contributed by atoms with Crippen LogP contribution < -0.4 is 10.1 Å². The zero-order valence-electron chi connectivity index (χ0n) is 15.5. The van der Waals surface area contributed by atoms with E-state index < -0.39 is 0 Å². The second kappa shape index (κ2) is 8.70. The van der Waals surface area contributed by atoms with Crippen LogP contribution in [0.5, 0.6) is 5.75 Å². The highest BCUT2D eigenvalue weighted by molar-refractivity contribution is 5.94. The van der Waals surface area contributed by atoms with Crippen LogP contribution in [0.2, 0.25) is 0 Å². The summed E-state index contributed by atoms with van der Waals surface area (Å²) in [6.45, 7) is 6.20. The van der Waals surface area contributed by atoms with E-state index in [1.54, 1.807) is 18.2 Å². The van der Waals surface area contributed by atoms with Crippen LogP contribution in [0.25, 0.3) is 0 Å². The molecule has 1 atom stereocenters. The molecule has 1 aliphatic carbocycles. The van der Waals surface area contributed by atoms with Crippen molar-refractivity contribution in [3.8, 4) is 5.75 Å². The lowest BCUT2D eigenvalue weighted by Crippen LogP contribution is -2.28. The Morgan fingerprint density at radius 3 is 2.58 bits per heavy atom. The minimum absolute atomic E-state index is 0.0337. The van der Waals surface area contributed by atoms with Gasteiger partial charge >= 0.3 is 0 Å². The molecule has 2 aromatic carbocycles. The lowest BCUT2D eigenvalue weighted by molar-refractivity contribution is 0.0935. The van der Waals surface area contributed by atoms with Crippen molar-refractivity contribution in [1.82, 2.24) is 5.32 Å². The van der Waals surface area contributed by atoms with E-state index in [0.717, 1.165) is 18.6 Å². The average molecular weight is 349 g/mol. The monoisotopic (exact) mass is 349 g/mol. The Bertz CT molecular complexity index is 764. The van der Waals surface area contributed by atoms with E-state index in [1.807, 2.05) is 12.1 Å². The van der Waals surface area contributed by atoms with Gasteiger partial charge in [-0.1, -0.05) is 37.8 Å². The third kappa shape index (κ3) is 4.34. The van der Waals surface area contributed by atoms with Crippen molar-refractivity contribution < 1.29 is 9.53 Å². The van der Waals surface area contributed by atoms with E-state index in [1.165, 1.54) is 36.0 Å². The molecular weight excluding hydrogens is 322 g/mol. The summed E-state index contributed by atoms with van der Waals surface area (Å²) in [4.78, 5) is 12.6. The average Bonchev–Trinajstić information content (AvgIpc) is 2.70. The summed E-state index contributed by atoms with van der Waals surface area (Å²) in [7, 11) is 0. The van der Waals surface area contributed by atoms with Crippen molar-refractivity contribution in [1.29, 1.82) is 0 Å². The molecule has 2 aromatic rings. The minimum atomic E-state index is -0.0511. The Kier molecular flexibility index (Phi) is 6.11. The summed E-state index contributed by atoms with van der Waals surface area (Å²) < 4.78 is 5.46. The molecule has 3 rings (SSSR count). The molecule has 136 valence electrons. The highest BCUT2D eigenvalue weighted by Crippen LogP contribution is 2.26. The Morgan fingerprint density at radius 2 is 1.88 bits per heavy atom. The highest BCUT2D eigenvalue weighted by Gasteiger charge is 2.17. The molecule has 0 bridgehead atoms. The Hall–Kier alpha value is -2.55. The molecule has 26 heavy (non-hydrogen) atoms. The molecule has 1 aliphatic rings. The van der Waals surface area contributed by atoms with Gasteiger partial charge < -0.3 is 10.1 Å². The number of hydrogen-bond donors (Lipinski definition) is 1. The van der Waals surface area contributed by atoms with Crippen molar-refractivity contribution in [3.05, 3.63) is 77.4 Å². The molecule has 0 aliphatic heterocycles. The largest absolute Gasteiger partial charge is 0.490 e. The fraction of sp³-hybridized carbons (Fsp3) is 0.348. The van der Waals surface area contributed by atoms with Crippen LogP contribution >= 0.6 is 0 Å². The first-order valence-corrected chi connectivity index (χ1v) is 9.47. The molecule has 0 heterocycles. The van der Waals surface area contributed by atoms with Crippen LogP contribution in [-0.2, 0) is 12.8 Å². The third-order valence-electron chi connectivity index (χ3n) is 4.97. The SMILES string of the molecule is C=CCOc1ccc(C(=O)N[C@H](CC)c2ccc3c(c2)CCCC3)cc1. The van der Waals surface area contributed by atoms with Gasteiger partial charge in [0.15, 0.2) is 0 Å². The van der Waals surface area contributed by atoms with E-state index in [4.69, 9.17) is 4.74 Å². The number of carbonyl (C=O) groups excluding carboxylic acids is 1. The summed E-state index contributed by atoms with van der Waals surface area (Å²) in [6.07, 6.45) is 7.45. The molecule has 0 radical (unpaired) electrons. The molecular formula is C23H27NO2. The van der Waals surface area contributed by atoms with Gasteiger partial charge in [-0.3, -0.25) is 4.79 Å². The second-order valence-corrected chi connectivity index (χ2v) is 6.79. The van der Waals surface area contributed by atoms with Crippen LogP contribution in [0.3, 0.4) is 0 Å². The standard InChI is InChI=1S/C23H27NO2/c1-3-15-26-21-13-11-18(12-14-21)23(25)24-22(4-2)20-10-9-17-7-5-6-8-19(17)16-20/h3,9-14,16,22H,1,4-8,15H2,2H3,(H,24,25)/t22-/m1/s1. The summed E-state index contributed by atoms with van der Waals surface area (Å²) in [5.41, 5.74) is 4.77. The van der Waals surface area contributed by atoms with Gasteiger partial charge in [0.1, 0.15) is 12.4 Å². The van der Waals surface area contributed by atoms with Gasteiger partial charge in [0.05, 0.1) is 6.04 Å². The van der Waals surface area contributed by atoms with Crippen molar-refractivity contribution in [2.24, 2.45) is 0 Å². The van der Waals surface area contributed by atoms with Crippen molar-refractivity contribution in [2.45, 2.75) is 45.1 Å². The molecule has 0 saturated heterocycles. The lowest BCUT2D eigenvalue weighted by Gasteiger charge is -2.22. The van der Waals surface area contributed by atoms with Crippen molar-refractivity contribution >= 4 is 5.91 Å². The number of amides is 1. The van der Waals surface area contributed by atoms with Crippen LogP contribution in [-0.4, -0.2) is 12.5 Å². The van der Waals surface area contributed by atoms with Gasteiger partial charge in [-0.05, 0) is 73.1 Å². The van der Waals surface area contributed by atoms with Gasteiger partial charge in [0.25, 0.3) is 5.91 Å². The number of nitrogens with one attached hydrogen (secondary N) is 1. The molecule has 3 heteroatoms. The zero-order valence-corrected chi connectivity index (χ0v) is 15.5. The van der Waals surface area contributed by atoms with E-state index in [2.05, 4.69) is 37.0 Å². The fourth-order valence-electron chi connectivity index (χ4n) is 3.49. The topological polar surface area (TPSA) is 38.3 Å². The highest BCUT2D eigenvalue weighted by atomic mass is 16.5. The van der Waals surface area contributed by atoms with Crippen molar-refractivity contribution in [3.63, 3.8) is 0 Å². The van der Waals surface area contributed by atoms with E-state index in [0.29, 0.717) is 12.2 Å². The number of carbonyl (C=O) groups is 1. The summed E-state index contributed by atoms with van der Waals surface area (Å²) in [5, 5.41) is 3.17. The summed E-state index contributed by atoms with van der Waals surface area (Å²) in [5.74, 6) is 0.688.